The van der Waals surface area contributed by atoms with E-state index < -0.39 is 0 Å². The minimum absolute atomic E-state index is 0.0862. The highest BCUT2D eigenvalue weighted by atomic mass is 16.5. The van der Waals surface area contributed by atoms with Crippen LogP contribution in [0.1, 0.15) is 6.92 Å². The zero-order chi connectivity index (χ0) is 15.1. The molecule has 1 heterocycles. The second-order valence-electron chi connectivity index (χ2n) is 4.22. The summed E-state index contributed by atoms with van der Waals surface area (Å²) < 4.78 is 10.6. The Morgan fingerprint density at radius 1 is 1.19 bits per heavy atom. The number of nitrogen functional groups attached to an aromatic ring is 1. The summed E-state index contributed by atoms with van der Waals surface area (Å²) in [5, 5.41) is 2.69. The van der Waals surface area contributed by atoms with Gasteiger partial charge in [-0.15, -0.1) is 0 Å². The van der Waals surface area contributed by atoms with Gasteiger partial charge in [-0.25, -0.2) is 4.98 Å². The summed E-state index contributed by atoms with van der Waals surface area (Å²) in [5.41, 5.74) is 6.80. The van der Waals surface area contributed by atoms with E-state index in [0.717, 1.165) is 0 Å². The van der Waals surface area contributed by atoms with Gasteiger partial charge in [0.25, 0.3) is 5.91 Å². The predicted molar refractivity (Wildman–Crippen MR) is 80.4 cm³/mol. The molecule has 1 aromatic carbocycles. The maximum absolute atomic E-state index is 11.7. The highest BCUT2D eigenvalue weighted by Crippen LogP contribution is 2.14. The molecule has 0 saturated carbocycles. The van der Waals surface area contributed by atoms with Crippen LogP contribution in [-0.2, 0) is 4.79 Å². The van der Waals surface area contributed by atoms with Crippen LogP contribution in [0.25, 0.3) is 0 Å². The Bertz CT molecular complexity index is 582. The van der Waals surface area contributed by atoms with Gasteiger partial charge in [0.2, 0.25) is 5.88 Å². The molecule has 0 unspecified atom stereocenters. The number of benzene rings is 1. The highest BCUT2D eigenvalue weighted by molar-refractivity contribution is 5.91. The van der Waals surface area contributed by atoms with Crippen molar-refractivity contribution in [1.29, 1.82) is 0 Å². The van der Waals surface area contributed by atoms with Crippen LogP contribution in [0.15, 0.2) is 42.6 Å². The van der Waals surface area contributed by atoms with Crippen molar-refractivity contribution < 1.29 is 14.3 Å². The van der Waals surface area contributed by atoms with Crippen molar-refractivity contribution in [1.82, 2.24) is 4.98 Å². The summed E-state index contributed by atoms with van der Waals surface area (Å²) in [6.07, 6.45) is 1.53. The first-order valence-corrected chi connectivity index (χ1v) is 6.54. The van der Waals surface area contributed by atoms with Crippen molar-refractivity contribution >= 4 is 17.3 Å². The summed E-state index contributed by atoms with van der Waals surface area (Å²) >= 11 is 0. The predicted octanol–water partition coefficient (Wildman–Crippen LogP) is 2.08. The van der Waals surface area contributed by atoms with Gasteiger partial charge >= 0.3 is 0 Å². The van der Waals surface area contributed by atoms with Crippen molar-refractivity contribution in [2.24, 2.45) is 0 Å². The molecule has 6 heteroatoms. The average Bonchev–Trinajstić information content (AvgIpc) is 2.49. The van der Waals surface area contributed by atoms with E-state index in [9.17, 15) is 4.79 Å². The summed E-state index contributed by atoms with van der Waals surface area (Å²) in [6, 6.07) is 10.3. The fourth-order valence-electron chi connectivity index (χ4n) is 1.60. The number of nitrogens with zero attached hydrogens (tertiary/aromatic N) is 1. The molecule has 0 aliphatic rings. The molecule has 2 aromatic rings. The maximum atomic E-state index is 11.7. The number of rotatable bonds is 6. The van der Waals surface area contributed by atoms with Crippen LogP contribution in [-0.4, -0.2) is 24.1 Å². The van der Waals surface area contributed by atoms with E-state index in [0.29, 0.717) is 29.6 Å². The van der Waals surface area contributed by atoms with Gasteiger partial charge in [-0.1, -0.05) is 0 Å². The number of nitrogens with two attached hydrogens (primary N) is 1. The van der Waals surface area contributed by atoms with Crippen LogP contribution in [0, 0.1) is 0 Å². The van der Waals surface area contributed by atoms with E-state index in [4.69, 9.17) is 15.2 Å². The fraction of sp³-hybridized carbons (Fsp3) is 0.200. The molecular weight excluding hydrogens is 270 g/mol. The molecule has 0 aliphatic carbocycles. The lowest BCUT2D eigenvalue weighted by molar-refractivity contribution is -0.118. The van der Waals surface area contributed by atoms with Gasteiger partial charge in [0, 0.05) is 11.8 Å². The van der Waals surface area contributed by atoms with E-state index in [1.54, 1.807) is 36.4 Å². The summed E-state index contributed by atoms with van der Waals surface area (Å²) in [4.78, 5) is 15.8. The Morgan fingerprint density at radius 2 is 1.95 bits per heavy atom. The quantitative estimate of drug-likeness (QED) is 0.794. The molecule has 0 bridgehead atoms. The molecule has 0 aliphatic heterocycles. The first kappa shape index (κ1) is 14.6. The molecule has 110 valence electrons. The lowest BCUT2D eigenvalue weighted by atomic mass is 10.3. The molecule has 1 amide bonds. The number of carbonyl (C=O) groups excluding carboxylic acids is 1. The Balaban J connectivity index is 1.82. The molecule has 0 fully saturated rings. The first-order valence-electron chi connectivity index (χ1n) is 6.54. The minimum atomic E-state index is -0.266. The molecule has 6 nitrogen and oxygen atoms in total. The molecule has 2 rings (SSSR count). The number of hydrogen-bond acceptors (Lipinski definition) is 5. The smallest absolute Gasteiger partial charge is 0.262 e. The van der Waals surface area contributed by atoms with E-state index in [2.05, 4.69) is 10.3 Å². The third kappa shape index (κ3) is 4.68. The van der Waals surface area contributed by atoms with Crippen molar-refractivity contribution in [2.75, 3.05) is 24.3 Å². The van der Waals surface area contributed by atoms with Crippen molar-refractivity contribution in [3.8, 4) is 11.6 Å². The molecule has 0 atom stereocenters. The van der Waals surface area contributed by atoms with E-state index in [1.165, 1.54) is 6.20 Å². The molecule has 3 N–H and O–H groups in total. The van der Waals surface area contributed by atoms with Gasteiger partial charge in [-0.3, -0.25) is 4.79 Å². The van der Waals surface area contributed by atoms with E-state index in [1.807, 2.05) is 6.92 Å². The Kier molecular flexibility index (Phi) is 4.98. The summed E-state index contributed by atoms with van der Waals surface area (Å²) in [7, 11) is 0. The van der Waals surface area contributed by atoms with E-state index >= 15 is 0 Å². The fourth-order valence-corrected chi connectivity index (χ4v) is 1.60. The van der Waals surface area contributed by atoms with Crippen LogP contribution < -0.4 is 20.5 Å². The zero-order valence-corrected chi connectivity index (χ0v) is 11.7. The molecule has 0 saturated heterocycles. The Morgan fingerprint density at radius 3 is 2.57 bits per heavy atom. The monoisotopic (exact) mass is 287 g/mol. The topological polar surface area (TPSA) is 86.5 Å². The summed E-state index contributed by atoms with van der Waals surface area (Å²) in [5.74, 6) is 0.843. The van der Waals surface area contributed by atoms with Crippen molar-refractivity contribution in [2.45, 2.75) is 6.92 Å². The number of nitrogens with one attached hydrogen (secondary N) is 1. The number of hydrogen-bond donors (Lipinski definition) is 2. The van der Waals surface area contributed by atoms with Gasteiger partial charge in [0.15, 0.2) is 6.61 Å². The second kappa shape index (κ2) is 7.14. The van der Waals surface area contributed by atoms with Crippen LogP contribution >= 0.6 is 0 Å². The second-order valence-corrected chi connectivity index (χ2v) is 4.22. The molecule has 21 heavy (non-hydrogen) atoms. The van der Waals surface area contributed by atoms with Crippen molar-refractivity contribution in [3.63, 3.8) is 0 Å². The minimum Gasteiger partial charge on any atom is -0.484 e. The average molecular weight is 287 g/mol. The largest absolute Gasteiger partial charge is 0.484 e. The zero-order valence-electron chi connectivity index (χ0n) is 11.7. The lowest BCUT2D eigenvalue weighted by Gasteiger charge is -2.08. The van der Waals surface area contributed by atoms with E-state index in [-0.39, 0.29) is 12.5 Å². The highest BCUT2D eigenvalue weighted by Gasteiger charge is 2.04. The van der Waals surface area contributed by atoms with Gasteiger partial charge < -0.3 is 20.5 Å². The first-order chi connectivity index (χ1) is 10.2. The van der Waals surface area contributed by atoms with Gasteiger partial charge in [0.1, 0.15) is 5.75 Å². The van der Waals surface area contributed by atoms with Crippen LogP contribution in [0.3, 0.4) is 0 Å². The van der Waals surface area contributed by atoms with Crippen LogP contribution in [0.4, 0.5) is 11.4 Å². The third-order valence-corrected chi connectivity index (χ3v) is 2.56. The van der Waals surface area contributed by atoms with Gasteiger partial charge in [-0.2, -0.15) is 0 Å². The Labute approximate surface area is 122 Å². The molecule has 0 radical (unpaired) electrons. The molecule has 1 aromatic heterocycles. The standard InChI is InChI=1S/C15H17N3O3/c1-2-20-15-8-5-12(9-17-15)18-14(19)10-21-13-6-3-11(16)4-7-13/h3-9H,2,10,16H2,1H3,(H,18,19). The van der Waals surface area contributed by atoms with Gasteiger partial charge in [-0.05, 0) is 37.3 Å². The van der Waals surface area contributed by atoms with Crippen molar-refractivity contribution in [3.05, 3.63) is 42.6 Å². The maximum Gasteiger partial charge on any atom is 0.262 e. The molecular formula is C15H17N3O3. The van der Waals surface area contributed by atoms with Crippen LogP contribution in [0.2, 0.25) is 0 Å². The number of pyridine rings is 1. The SMILES string of the molecule is CCOc1ccc(NC(=O)COc2ccc(N)cc2)cn1. The Hall–Kier alpha value is -2.76. The number of aromatic nitrogens is 1. The summed E-state index contributed by atoms with van der Waals surface area (Å²) in [6.45, 7) is 2.34. The lowest BCUT2D eigenvalue weighted by Crippen LogP contribution is -2.20. The third-order valence-electron chi connectivity index (χ3n) is 2.56. The number of carbonyl (C=O) groups is 1. The number of amides is 1. The van der Waals surface area contributed by atoms with Crippen LogP contribution in [0.5, 0.6) is 11.6 Å². The number of anilines is 2. The van der Waals surface area contributed by atoms with Gasteiger partial charge in [0.05, 0.1) is 18.5 Å². The number of ether oxygens (including phenoxy) is 2. The molecule has 0 spiro atoms. The normalized spacial score (nSPS) is 9.95.